The fourth-order valence-corrected chi connectivity index (χ4v) is 2.95. The molecular formula is C6H10N4O3S. The lowest BCUT2D eigenvalue weighted by atomic mass is 10.2. The smallest absolute Gasteiger partial charge is 0.226 e. The number of azide groups is 1. The van der Waals surface area contributed by atoms with E-state index in [1.165, 1.54) is 0 Å². The molecule has 0 radical (unpaired) electrons. The molecule has 78 valence electrons. The van der Waals surface area contributed by atoms with E-state index in [0.29, 0.717) is 6.42 Å². The van der Waals surface area contributed by atoms with Crippen molar-refractivity contribution >= 4 is 15.7 Å². The molecular weight excluding hydrogens is 208 g/mol. The summed E-state index contributed by atoms with van der Waals surface area (Å²) in [6, 6.07) is -0.332. The molecule has 1 unspecified atom stereocenters. The fourth-order valence-electron chi connectivity index (χ4n) is 1.28. The van der Waals surface area contributed by atoms with E-state index in [0.717, 1.165) is 0 Å². The normalized spacial score (nSPS) is 23.9. The SMILES string of the molecule is [N-]=[N+]=NCC(=O)NC1CCS(=O)(=O)C1. The van der Waals surface area contributed by atoms with Crippen molar-refractivity contribution in [3.63, 3.8) is 0 Å². The van der Waals surface area contributed by atoms with Crippen LogP contribution in [0.1, 0.15) is 6.42 Å². The number of carbonyl (C=O) groups excluding carboxylic acids is 1. The third-order valence-electron chi connectivity index (χ3n) is 1.88. The number of hydrogen-bond acceptors (Lipinski definition) is 4. The maximum Gasteiger partial charge on any atom is 0.226 e. The molecule has 0 bridgehead atoms. The van der Waals surface area contributed by atoms with Crippen LogP contribution in [0.25, 0.3) is 10.4 Å². The van der Waals surface area contributed by atoms with Crippen molar-refractivity contribution in [3.05, 3.63) is 10.4 Å². The highest BCUT2D eigenvalue weighted by molar-refractivity contribution is 7.91. The summed E-state index contributed by atoms with van der Waals surface area (Å²) in [6.07, 6.45) is 0.435. The molecule has 1 heterocycles. The minimum absolute atomic E-state index is 0.0188. The van der Waals surface area contributed by atoms with Crippen molar-refractivity contribution in [2.24, 2.45) is 5.11 Å². The average molecular weight is 218 g/mol. The Kier molecular flexibility index (Phi) is 3.32. The van der Waals surface area contributed by atoms with Gasteiger partial charge in [-0.05, 0) is 12.0 Å². The lowest BCUT2D eigenvalue weighted by Gasteiger charge is -2.08. The van der Waals surface area contributed by atoms with Gasteiger partial charge in [0.1, 0.15) is 6.54 Å². The summed E-state index contributed by atoms with van der Waals surface area (Å²) in [5, 5.41) is 5.56. The van der Waals surface area contributed by atoms with E-state index in [1.807, 2.05) is 0 Å². The zero-order valence-electron chi connectivity index (χ0n) is 7.38. The van der Waals surface area contributed by atoms with Gasteiger partial charge in [-0.25, -0.2) is 8.42 Å². The van der Waals surface area contributed by atoms with Gasteiger partial charge in [0.2, 0.25) is 5.91 Å². The molecule has 0 aromatic rings. The Morgan fingerprint density at radius 2 is 2.36 bits per heavy atom. The highest BCUT2D eigenvalue weighted by Crippen LogP contribution is 2.10. The summed E-state index contributed by atoms with van der Waals surface area (Å²) in [6.45, 7) is -0.285. The monoisotopic (exact) mass is 218 g/mol. The molecule has 8 heteroatoms. The summed E-state index contributed by atoms with van der Waals surface area (Å²) in [5.41, 5.74) is 7.94. The second-order valence-electron chi connectivity index (χ2n) is 3.06. The van der Waals surface area contributed by atoms with Crippen LogP contribution in [0.4, 0.5) is 0 Å². The van der Waals surface area contributed by atoms with Gasteiger partial charge in [0.05, 0.1) is 11.5 Å². The molecule has 1 aliphatic heterocycles. The van der Waals surface area contributed by atoms with Crippen LogP contribution in [0.3, 0.4) is 0 Å². The maximum atomic E-state index is 11.0. The van der Waals surface area contributed by atoms with Gasteiger partial charge in [-0.15, -0.1) is 0 Å². The van der Waals surface area contributed by atoms with Crippen LogP contribution in [0.5, 0.6) is 0 Å². The number of nitrogens with zero attached hydrogens (tertiary/aromatic N) is 3. The molecule has 1 fully saturated rings. The first-order valence-electron chi connectivity index (χ1n) is 4.04. The first-order chi connectivity index (χ1) is 6.53. The molecule has 1 N–H and O–H groups in total. The Balaban J connectivity index is 2.40. The molecule has 7 nitrogen and oxygen atoms in total. The van der Waals surface area contributed by atoms with E-state index in [9.17, 15) is 13.2 Å². The van der Waals surface area contributed by atoms with Gasteiger partial charge in [-0.3, -0.25) is 4.79 Å². The average Bonchev–Trinajstić information content (AvgIpc) is 2.42. The lowest BCUT2D eigenvalue weighted by Crippen LogP contribution is -2.36. The molecule has 1 saturated heterocycles. The van der Waals surface area contributed by atoms with Crippen LogP contribution >= 0.6 is 0 Å². The lowest BCUT2D eigenvalue weighted by molar-refractivity contribution is -0.120. The van der Waals surface area contributed by atoms with Crippen molar-refractivity contribution in [2.75, 3.05) is 18.1 Å². The first kappa shape index (κ1) is 10.8. The van der Waals surface area contributed by atoms with E-state index in [4.69, 9.17) is 5.53 Å². The van der Waals surface area contributed by atoms with Gasteiger partial charge in [-0.2, -0.15) is 0 Å². The van der Waals surface area contributed by atoms with Gasteiger partial charge >= 0.3 is 0 Å². The van der Waals surface area contributed by atoms with Crippen molar-refractivity contribution in [2.45, 2.75) is 12.5 Å². The van der Waals surface area contributed by atoms with E-state index in [-0.39, 0.29) is 24.1 Å². The van der Waals surface area contributed by atoms with Crippen LogP contribution in [0.15, 0.2) is 5.11 Å². The molecule has 0 spiro atoms. The van der Waals surface area contributed by atoms with Crippen LogP contribution in [-0.2, 0) is 14.6 Å². The van der Waals surface area contributed by atoms with E-state index in [1.54, 1.807) is 0 Å². The van der Waals surface area contributed by atoms with Crippen molar-refractivity contribution in [1.29, 1.82) is 0 Å². The number of sulfone groups is 1. The zero-order chi connectivity index (χ0) is 10.6. The molecule has 1 atom stereocenters. The van der Waals surface area contributed by atoms with Crippen LogP contribution in [0.2, 0.25) is 0 Å². The Morgan fingerprint density at radius 1 is 1.64 bits per heavy atom. The highest BCUT2D eigenvalue weighted by Gasteiger charge is 2.28. The highest BCUT2D eigenvalue weighted by atomic mass is 32.2. The second kappa shape index (κ2) is 4.30. The van der Waals surface area contributed by atoms with Crippen LogP contribution in [-0.4, -0.2) is 38.4 Å². The minimum atomic E-state index is -2.98. The van der Waals surface area contributed by atoms with Crippen molar-refractivity contribution in [3.8, 4) is 0 Å². The van der Waals surface area contributed by atoms with Crippen molar-refractivity contribution in [1.82, 2.24) is 5.32 Å². The molecule has 1 aliphatic rings. The topological polar surface area (TPSA) is 112 Å². The zero-order valence-corrected chi connectivity index (χ0v) is 8.20. The fraction of sp³-hybridized carbons (Fsp3) is 0.833. The quantitative estimate of drug-likeness (QED) is 0.395. The Morgan fingerprint density at radius 3 is 2.86 bits per heavy atom. The predicted molar refractivity (Wildman–Crippen MR) is 49.2 cm³/mol. The molecule has 14 heavy (non-hydrogen) atoms. The molecule has 0 aliphatic carbocycles. The second-order valence-corrected chi connectivity index (χ2v) is 5.29. The Bertz CT molecular complexity index is 371. The molecule has 1 rings (SSSR count). The van der Waals surface area contributed by atoms with Gasteiger partial charge in [0.25, 0.3) is 0 Å². The molecule has 0 aromatic heterocycles. The number of carbonyl (C=O) groups is 1. The van der Waals surface area contributed by atoms with Crippen LogP contribution < -0.4 is 5.32 Å². The van der Waals surface area contributed by atoms with E-state index >= 15 is 0 Å². The summed E-state index contributed by atoms with van der Waals surface area (Å²) >= 11 is 0. The maximum absolute atomic E-state index is 11.0. The minimum Gasteiger partial charge on any atom is -0.352 e. The molecule has 0 aromatic carbocycles. The summed E-state index contributed by atoms with van der Waals surface area (Å²) in [5.74, 6) is -0.348. The van der Waals surface area contributed by atoms with Gasteiger partial charge < -0.3 is 5.32 Å². The summed E-state index contributed by atoms with van der Waals surface area (Å²) in [4.78, 5) is 13.4. The standard InChI is InChI=1S/C6H10N4O3S/c7-10-8-3-6(11)9-5-1-2-14(12,13)4-5/h5H,1-4H2,(H,9,11). The third-order valence-corrected chi connectivity index (χ3v) is 3.64. The number of nitrogens with one attached hydrogen (secondary N) is 1. The van der Waals surface area contributed by atoms with Gasteiger partial charge in [0, 0.05) is 11.0 Å². The number of rotatable bonds is 3. The van der Waals surface area contributed by atoms with Gasteiger partial charge in [0.15, 0.2) is 9.84 Å². The number of hydrogen-bond donors (Lipinski definition) is 1. The summed E-state index contributed by atoms with van der Waals surface area (Å²) in [7, 11) is -2.98. The largest absolute Gasteiger partial charge is 0.352 e. The van der Waals surface area contributed by atoms with Crippen LogP contribution in [0, 0.1) is 0 Å². The van der Waals surface area contributed by atoms with Gasteiger partial charge in [-0.1, -0.05) is 5.11 Å². The first-order valence-corrected chi connectivity index (χ1v) is 5.86. The predicted octanol–water partition coefficient (Wildman–Crippen LogP) is -0.400. The van der Waals surface area contributed by atoms with Crippen molar-refractivity contribution < 1.29 is 13.2 Å². The summed E-state index contributed by atoms with van der Waals surface area (Å²) < 4.78 is 22.0. The third kappa shape index (κ3) is 3.23. The molecule has 0 saturated carbocycles. The Labute approximate surface area is 81.0 Å². The molecule has 1 amide bonds. The number of amides is 1. The van der Waals surface area contributed by atoms with E-state index in [2.05, 4.69) is 15.3 Å². The Hall–Kier alpha value is -1.27. The van der Waals surface area contributed by atoms with E-state index < -0.39 is 15.7 Å².